The number of hydrogen-bond acceptors (Lipinski definition) is 4. The zero-order valence-corrected chi connectivity index (χ0v) is 23.0. The average molecular weight is 590 g/mol. The third-order valence-electron chi connectivity index (χ3n) is 6.24. The molecule has 0 aliphatic carbocycles. The van der Waals surface area contributed by atoms with Gasteiger partial charge in [-0.25, -0.2) is 0 Å². The molecule has 2 amide bonds. The summed E-state index contributed by atoms with van der Waals surface area (Å²) in [6, 6.07) is 17.1. The molecule has 0 saturated carbocycles. The number of para-hydroxylation sites is 1. The molecule has 11 heteroatoms. The van der Waals surface area contributed by atoms with Gasteiger partial charge in [0.25, 0.3) is 0 Å². The van der Waals surface area contributed by atoms with E-state index in [-0.39, 0.29) is 12.2 Å². The van der Waals surface area contributed by atoms with Crippen molar-refractivity contribution in [2.45, 2.75) is 26.1 Å². The lowest BCUT2D eigenvalue weighted by Gasteiger charge is -2.24. The molecule has 0 fully saturated rings. The Morgan fingerprint density at radius 2 is 1.62 bits per heavy atom. The normalized spacial score (nSPS) is 11.4. The Balaban J connectivity index is 1.56. The second-order valence-corrected chi connectivity index (χ2v) is 9.76. The van der Waals surface area contributed by atoms with Crippen molar-refractivity contribution in [3.05, 3.63) is 99.2 Å². The van der Waals surface area contributed by atoms with E-state index in [1.807, 2.05) is 12.1 Å². The number of carbonyl (C=O) groups excluding carboxylic acids is 2. The fourth-order valence-corrected chi connectivity index (χ4v) is 4.75. The zero-order chi connectivity index (χ0) is 29.0. The fraction of sp³-hybridized carbons (Fsp3) is 0.207. The maximum atomic E-state index is 13.3. The standard InChI is InChI=1S/C29H24Cl2F3N3O3/c1-17-27(37(2)26(39)15-35-25(38)14-18-8-3-5-10-21(18)29(32,33)34)28(19-9-4-6-13-24(19)36-17)40-16-20-22(30)11-7-12-23(20)31/h3-13H,14-16H2,1-2H3,(H,35,38). The van der Waals surface area contributed by atoms with Gasteiger partial charge in [-0.3, -0.25) is 14.6 Å². The molecular weight excluding hydrogens is 566 g/mol. The van der Waals surface area contributed by atoms with Gasteiger partial charge in [-0.2, -0.15) is 13.2 Å². The number of alkyl halides is 3. The predicted molar refractivity (Wildman–Crippen MR) is 149 cm³/mol. The Morgan fingerprint density at radius 3 is 2.33 bits per heavy atom. The highest BCUT2D eigenvalue weighted by molar-refractivity contribution is 6.35. The van der Waals surface area contributed by atoms with Crippen LogP contribution in [0, 0.1) is 6.92 Å². The van der Waals surface area contributed by atoms with Crippen LogP contribution in [0.5, 0.6) is 5.75 Å². The van der Waals surface area contributed by atoms with Crippen molar-refractivity contribution in [2.75, 3.05) is 18.5 Å². The van der Waals surface area contributed by atoms with Crippen LogP contribution in [0.1, 0.15) is 22.4 Å². The number of halogens is 5. The zero-order valence-electron chi connectivity index (χ0n) is 21.5. The molecule has 1 aromatic heterocycles. The molecule has 0 aliphatic rings. The van der Waals surface area contributed by atoms with Gasteiger partial charge in [0.2, 0.25) is 11.8 Å². The van der Waals surface area contributed by atoms with Gasteiger partial charge in [0.05, 0.1) is 29.7 Å². The molecule has 0 atom stereocenters. The maximum Gasteiger partial charge on any atom is 0.416 e. The Labute approximate surface area is 238 Å². The lowest BCUT2D eigenvalue weighted by Crippen LogP contribution is -2.39. The van der Waals surface area contributed by atoms with Crippen molar-refractivity contribution in [1.82, 2.24) is 10.3 Å². The first-order chi connectivity index (χ1) is 19.0. The SMILES string of the molecule is Cc1nc2ccccc2c(OCc2c(Cl)cccc2Cl)c1N(C)C(=O)CNC(=O)Cc1ccccc1C(F)(F)F. The third-order valence-corrected chi connectivity index (χ3v) is 6.95. The van der Waals surface area contributed by atoms with Crippen LogP contribution in [0.3, 0.4) is 0 Å². The van der Waals surface area contributed by atoms with Crippen LogP contribution in [0.15, 0.2) is 66.7 Å². The number of nitrogens with zero attached hydrogens (tertiary/aromatic N) is 2. The smallest absolute Gasteiger partial charge is 0.416 e. The molecule has 1 heterocycles. The van der Waals surface area contributed by atoms with E-state index in [0.717, 1.165) is 6.07 Å². The van der Waals surface area contributed by atoms with Crippen LogP contribution < -0.4 is 15.0 Å². The molecule has 40 heavy (non-hydrogen) atoms. The molecule has 6 nitrogen and oxygen atoms in total. The number of likely N-dealkylation sites (N-methyl/N-ethyl adjacent to an activating group) is 1. The van der Waals surface area contributed by atoms with Crippen molar-refractivity contribution < 1.29 is 27.5 Å². The number of fused-ring (bicyclic) bond motifs is 1. The van der Waals surface area contributed by atoms with E-state index in [1.165, 1.54) is 30.1 Å². The van der Waals surface area contributed by atoms with Gasteiger partial charge in [0.1, 0.15) is 12.3 Å². The maximum absolute atomic E-state index is 13.3. The molecule has 0 bridgehead atoms. The third kappa shape index (κ3) is 6.48. The number of anilines is 1. The van der Waals surface area contributed by atoms with Crippen LogP contribution in [-0.4, -0.2) is 30.4 Å². The monoisotopic (exact) mass is 589 g/mol. The van der Waals surface area contributed by atoms with Crippen LogP contribution in [0.4, 0.5) is 18.9 Å². The van der Waals surface area contributed by atoms with Gasteiger partial charge < -0.3 is 15.0 Å². The highest BCUT2D eigenvalue weighted by Crippen LogP contribution is 2.39. The largest absolute Gasteiger partial charge is 0.486 e. The topological polar surface area (TPSA) is 71.5 Å². The lowest BCUT2D eigenvalue weighted by atomic mass is 10.0. The van der Waals surface area contributed by atoms with Gasteiger partial charge >= 0.3 is 6.18 Å². The van der Waals surface area contributed by atoms with Gasteiger partial charge in [-0.05, 0) is 42.8 Å². The summed E-state index contributed by atoms with van der Waals surface area (Å²) in [7, 11) is 1.50. The molecule has 0 spiro atoms. The minimum atomic E-state index is -4.60. The van der Waals surface area contributed by atoms with E-state index in [4.69, 9.17) is 27.9 Å². The summed E-state index contributed by atoms with van der Waals surface area (Å²) in [5.74, 6) is -0.893. The molecule has 1 N–H and O–H groups in total. The number of pyridine rings is 1. The van der Waals surface area contributed by atoms with Gasteiger partial charge in [-0.15, -0.1) is 0 Å². The Morgan fingerprint density at radius 1 is 0.975 bits per heavy atom. The number of ether oxygens (including phenoxy) is 1. The van der Waals surface area contributed by atoms with Crippen LogP contribution in [-0.2, 0) is 28.8 Å². The Bertz CT molecular complexity index is 1560. The van der Waals surface area contributed by atoms with E-state index in [2.05, 4.69) is 10.3 Å². The number of aromatic nitrogens is 1. The van der Waals surface area contributed by atoms with Gasteiger partial charge in [0.15, 0.2) is 5.75 Å². The molecule has 0 aliphatic heterocycles. The molecule has 0 unspecified atom stereocenters. The highest BCUT2D eigenvalue weighted by Gasteiger charge is 2.33. The van der Waals surface area contributed by atoms with E-state index in [1.54, 1.807) is 37.3 Å². The Hall–Kier alpha value is -3.82. The van der Waals surface area contributed by atoms with Gasteiger partial charge in [0, 0.05) is 28.0 Å². The first-order valence-electron chi connectivity index (χ1n) is 12.1. The highest BCUT2D eigenvalue weighted by atomic mass is 35.5. The molecular formula is C29H24Cl2F3N3O3. The molecule has 0 saturated heterocycles. The lowest BCUT2D eigenvalue weighted by molar-refractivity contribution is -0.138. The number of nitrogens with one attached hydrogen (secondary N) is 1. The number of benzene rings is 3. The minimum absolute atomic E-state index is 0.0103. The summed E-state index contributed by atoms with van der Waals surface area (Å²) < 4.78 is 46.1. The summed E-state index contributed by atoms with van der Waals surface area (Å²) >= 11 is 12.6. The number of rotatable bonds is 8. The summed E-state index contributed by atoms with van der Waals surface area (Å²) in [6.07, 6.45) is -5.13. The van der Waals surface area contributed by atoms with E-state index < -0.39 is 36.5 Å². The average Bonchev–Trinajstić information content (AvgIpc) is 2.90. The second-order valence-electron chi connectivity index (χ2n) is 8.94. The Kier molecular flexibility index (Phi) is 8.85. The van der Waals surface area contributed by atoms with Crippen molar-refractivity contribution in [3.8, 4) is 5.75 Å². The van der Waals surface area contributed by atoms with Crippen molar-refractivity contribution in [3.63, 3.8) is 0 Å². The quantitative estimate of drug-likeness (QED) is 0.246. The van der Waals surface area contributed by atoms with Crippen LogP contribution in [0.2, 0.25) is 10.0 Å². The van der Waals surface area contributed by atoms with Gasteiger partial charge in [-0.1, -0.05) is 59.6 Å². The summed E-state index contributed by atoms with van der Waals surface area (Å²) in [5, 5.41) is 3.89. The fourth-order valence-electron chi connectivity index (χ4n) is 4.25. The number of carbonyl (C=O) groups is 2. The summed E-state index contributed by atoms with van der Waals surface area (Å²) in [4.78, 5) is 31.5. The van der Waals surface area contributed by atoms with E-state index >= 15 is 0 Å². The number of hydrogen-bond donors (Lipinski definition) is 1. The summed E-state index contributed by atoms with van der Waals surface area (Å²) in [6.45, 7) is 1.27. The number of aryl methyl sites for hydroxylation is 1. The van der Waals surface area contributed by atoms with Crippen molar-refractivity contribution in [2.24, 2.45) is 0 Å². The first-order valence-corrected chi connectivity index (χ1v) is 12.9. The van der Waals surface area contributed by atoms with Crippen molar-refractivity contribution >= 4 is 51.6 Å². The summed E-state index contributed by atoms with van der Waals surface area (Å²) in [5.41, 5.74) is 0.977. The van der Waals surface area contributed by atoms with Crippen molar-refractivity contribution in [1.29, 1.82) is 0 Å². The number of amides is 2. The predicted octanol–water partition coefficient (Wildman–Crippen LogP) is 6.77. The minimum Gasteiger partial charge on any atom is -0.486 e. The molecule has 4 aromatic rings. The molecule has 3 aromatic carbocycles. The van der Waals surface area contributed by atoms with Crippen LogP contribution >= 0.6 is 23.2 Å². The molecule has 0 radical (unpaired) electrons. The van der Waals surface area contributed by atoms with E-state index in [0.29, 0.717) is 43.6 Å². The van der Waals surface area contributed by atoms with Crippen LogP contribution in [0.25, 0.3) is 10.9 Å². The molecule has 208 valence electrons. The first kappa shape index (κ1) is 29.2. The molecule has 4 rings (SSSR count). The second kappa shape index (κ2) is 12.1. The van der Waals surface area contributed by atoms with E-state index in [9.17, 15) is 22.8 Å².